The van der Waals surface area contributed by atoms with Crippen molar-refractivity contribution in [3.05, 3.63) is 11.1 Å². The Balaban J connectivity index is 1.84. The van der Waals surface area contributed by atoms with Crippen molar-refractivity contribution in [3.8, 4) is 0 Å². The molecule has 3 fully saturated rings. The lowest BCUT2D eigenvalue weighted by Gasteiger charge is -2.56. The lowest BCUT2D eigenvalue weighted by Crippen LogP contribution is -2.64. The fourth-order valence-corrected chi connectivity index (χ4v) is 5.04. The van der Waals surface area contributed by atoms with Gasteiger partial charge in [-0.2, -0.15) is 0 Å². The Hall–Kier alpha value is -0.950. The minimum atomic E-state index is -1.12. The monoisotopic (exact) mass is 310 g/mol. The molecule has 2 saturated carbocycles. The summed E-state index contributed by atoms with van der Waals surface area (Å²) in [5.74, 6) is -1.72. The first kappa shape index (κ1) is 14.6. The van der Waals surface area contributed by atoms with Crippen molar-refractivity contribution < 1.29 is 29.2 Å². The number of ether oxygens (including phenoxy) is 3. The van der Waals surface area contributed by atoms with Gasteiger partial charge in [-0.1, -0.05) is 6.92 Å². The van der Waals surface area contributed by atoms with Crippen LogP contribution in [0, 0.1) is 11.3 Å². The molecule has 0 aromatic carbocycles. The third kappa shape index (κ3) is 1.47. The van der Waals surface area contributed by atoms with Gasteiger partial charge in [0, 0.05) is 36.0 Å². The van der Waals surface area contributed by atoms with E-state index in [9.17, 15) is 15.0 Å². The molecule has 22 heavy (non-hydrogen) atoms. The van der Waals surface area contributed by atoms with Crippen molar-refractivity contribution in [1.82, 2.24) is 0 Å². The van der Waals surface area contributed by atoms with Gasteiger partial charge in [0.2, 0.25) is 5.79 Å². The normalized spacial score (nSPS) is 56.2. The fourth-order valence-electron chi connectivity index (χ4n) is 5.04. The van der Waals surface area contributed by atoms with Crippen LogP contribution in [0.25, 0.3) is 0 Å². The van der Waals surface area contributed by atoms with Crippen LogP contribution in [0.1, 0.15) is 33.6 Å². The van der Waals surface area contributed by atoms with Crippen molar-refractivity contribution in [2.24, 2.45) is 11.3 Å². The van der Waals surface area contributed by atoms with Gasteiger partial charge in [-0.05, 0) is 20.3 Å². The molecule has 2 N–H and O–H groups in total. The van der Waals surface area contributed by atoms with Crippen LogP contribution in [0.15, 0.2) is 11.1 Å². The molecule has 1 saturated heterocycles. The van der Waals surface area contributed by atoms with E-state index in [0.29, 0.717) is 18.4 Å². The topological polar surface area (TPSA) is 88.5 Å². The first-order chi connectivity index (χ1) is 10.2. The van der Waals surface area contributed by atoms with Crippen molar-refractivity contribution in [1.29, 1.82) is 0 Å². The second-order valence-corrected chi connectivity index (χ2v) is 7.58. The number of carbonyl (C=O) groups excluding carboxylic acids is 1. The summed E-state index contributed by atoms with van der Waals surface area (Å²) in [5, 5.41) is 21.7. The van der Waals surface area contributed by atoms with Crippen LogP contribution in [-0.4, -0.2) is 53.0 Å². The highest BCUT2D eigenvalue weighted by Crippen LogP contribution is 2.64. The van der Waals surface area contributed by atoms with Gasteiger partial charge in [-0.3, -0.25) is 0 Å². The number of rotatable bonds is 1. The van der Waals surface area contributed by atoms with Gasteiger partial charge < -0.3 is 24.4 Å². The Labute approximate surface area is 129 Å². The summed E-state index contributed by atoms with van der Waals surface area (Å²) in [6, 6.07) is 0. The van der Waals surface area contributed by atoms with Gasteiger partial charge in [-0.25, -0.2) is 4.79 Å². The molecule has 2 heterocycles. The number of carbonyl (C=O) groups is 1. The first-order valence-corrected chi connectivity index (χ1v) is 7.72. The molecule has 0 aromatic rings. The van der Waals surface area contributed by atoms with Crippen LogP contribution in [0.5, 0.6) is 0 Å². The Morgan fingerprint density at radius 1 is 1.36 bits per heavy atom. The number of methoxy groups -OCH3 is 1. The Morgan fingerprint density at radius 2 is 2.05 bits per heavy atom. The smallest absolute Gasteiger partial charge is 0.336 e. The third-order valence-electron chi connectivity index (χ3n) is 6.42. The summed E-state index contributed by atoms with van der Waals surface area (Å²) in [5.41, 5.74) is -0.356. The first-order valence-electron chi connectivity index (χ1n) is 7.72. The Bertz CT molecular complexity index is 595. The zero-order valence-corrected chi connectivity index (χ0v) is 13.3. The molecule has 0 radical (unpaired) electrons. The van der Waals surface area contributed by atoms with Crippen molar-refractivity contribution in [3.63, 3.8) is 0 Å². The van der Waals surface area contributed by atoms with Crippen molar-refractivity contribution >= 4 is 5.97 Å². The van der Waals surface area contributed by atoms with E-state index in [2.05, 4.69) is 0 Å². The average Bonchev–Trinajstić information content (AvgIpc) is 3.21. The van der Waals surface area contributed by atoms with Gasteiger partial charge >= 0.3 is 5.97 Å². The number of aliphatic hydroxyl groups excluding tert-OH is 1. The highest BCUT2D eigenvalue weighted by atomic mass is 16.7. The number of aliphatic hydroxyl groups is 2. The zero-order chi connectivity index (χ0) is 16.1. The lowest BCUT2D eigenvalue weighted by atomic mass is 9.52. The standard InChI is InChI=1S/C16H22O6/c1-7-8-5-9-14(2,6-16(8,20-4)22-13(7)18)11(17)10-12(21-10)15(9,3)19/h9-12,17,19H,5-6H2,1-4H3. The van der Waals surface area contributed by atoms with Crippen LogP contribution in [0.3, 0.4) is 0 Å². The largest absolute Gasteiger partial charge is 0.426 e. The summed E-state index contributed by atoms with van der Waals surface area (Å²) in [7, 11) is 1.51. The molecule has 4 rings (SSSR count). The summed E-state index contributed by atoms with van der Waals surface area (Å²) in [6.45, 7) is 5.42. The van der Waals surface area contributed by atoms with Crippen LogP contribution < -0.4 is 0 Å². The number of hydrogen-bond donors (Lipinski definition) is 2. The summed E-state index contributed by atoms with van der Waals surface area (Å²) in [6.07, 6.45) is -0.624. The van der Waals surface area contributed by atoms with Crippen LogP contribution in [0.2, 0.25) is 0 Å². The number of epoxide rings is 1. The molecule has 2 aliphatic heterocycles. The molecular formula is C16H22O6. The predicted octanol–water partition coefficient (Wildman–Crippen LogP) is 0.512. The van der Waals surface area contributed by atoms with Gasteiger partial charge in [-0.15, -0.1) is 0 Å². The highest BCUT2D eigenvalue weighted by molar-refractivity contribution is 5.92. The molecule has 0 aromatic heterocycles. The molecular weight excluding hydrogens is 288 g/mol. The SMILES string of the molecule is COC12CC3(C)C(O)C4OC4C(C)(O)C3CC1=C(C)C(=O)O2. The van der Waals surface area contributed by atoms with E-state index in [4.69, 9.17) is 14.2 Å². The Kier molecular flexibility index (Phi) is 2.61. The second kappa shape index (κ2) is 3.93. The summed E-state index contributed by atoms with van der Waals surface area (Å²) in [4.78, 5) is 12.0. The van der Waals surface area contributed by atoms with Gasteiger partial charge in [0.15, 0.2) is 0 Å². The van der Waals surface area contributed by atoms with E-state index in [1.165, 1.54) is 7.11 Å². The van der Waals surface area contributed by atoms with Crippen LogP contribution in [0.4, 0.5) is 0 Å². The maximum atomic E-state index is 12.0. The van der Waals surface area contributed by atoms with E-state index in [-0.39, 0.29) is 24.1 Å². The second-order valence-electron chi connectivity index (χ2n) is 7.58. The molecule has 2 aliphatic carbocycles. The van der Waals surface area contributed by atoms with Gasteiger partial charge in [0.1, 0.15) is 12.2 Å². The quantitative estimate of drug-likeness (QED) is 0.542. The molecule has 6 nitrogen and oxygen atoms in total. The molecule has 7 atom stereocenters. The molecule has 122 valence electrons. The molecule has 6 heteroatoms. The molecule has 7 unspecified atom stereocenters. The maximum Gasteiger partial charge on any atom is 0.336 e. The van der Waals surface area contributed by atoms with E-state index < -0.39 is 22.9 Å². The predicted molar refractivity (Wildman–Crippen MR) is 74.7 cm³/mol. The summed E-state index contributed by atoms with van der Waals surface area (Å²) >= 11 is 0. The lowest BCUT2D eigenvalue weighted by molar-refractivity contribution is -0.243. The van der Waals surface area contributed by atoms with Crippen LogP contribution >= 0.6 is 0 Å². The number of hydrogen-bond acceptors (Lipinski definition) is 6. The molecule has 0 amide bonds. The molecule has 0 spiro atoms. The summed E-state index contributed by atoms with van der Waals surface area (Å²) < 4.78 is 16.6. The average molecular weight is 310 g/mol. The van der Waals surface area contributed by atoms with E-state index in [1.807, 2.05) is 6.92 Å². The van der Waals surface area contributed by atoms with Crippen LogP contribution in [-0.2, 0) is 19.0 Å². The number of fused-ring (bicyclic) bond motifs is 3. The Morgan fingerprint density at radius 3 is 2.68 bits per heavy atom. The zero-order valence-electron chi connectivity index (χ0n) is 13.3. The van der Waals surface area contributed by atoms with Gasteiger partial charge in [0.05, 0.1) is 11.7 Å². The minimum Gasteiger partial charge on any atom is -0.426 e. The maximum absolute atomic E-state index is 12.0. The van der Waals surface area contributed by atoms with E-state index in [1.54, 1.807) is 13.8 Å². The molecule has 4 aliphatic rings. The van der Waals surface area contributed by atoms with E-state index >= 15 is 0 Å². The van der Waals surface area contributed by atoms with Crippen molar-refractivity contribution in [2.75, 3.05) is 7.11 Å². The third-order valence-corrected chi connectivity index (χ3v) is 6.42. The minimum absolute atomic E-state index is 0.221. The van der Waals surface area contributed by atoms with E-state index in [0.717, 1.165) is 5.57 Å². The van der Waals surface area contributed by atoms with Crippen molar-refractivity contribution in [2.45, 2.75) is 63.3 Å². The van der Waals surface area contributed by atoms with Gasteiger partial charge in [0.25, 0.3) is 0 Å². The molecule has 0 bridgehead atoms. The number of esters is 1. The fraction of sp³-hybridized carbons (Fsp3) is 0.812. The highest BCUT2D eigenvalue weighted by Gasteiger charge is 2.73.